The van der Waals surface area contributed by atoms with Gasteiger partial charge >= 0.3 is 18.3 Å². The number of hydrogen-bond acceptors (Lipinski definition) is 4. The average Bonchev–Trinajstić information content (AvgIpc) is 2.78. The third kappa shape index (κ3) is 11.2. The van der Waals surface area contributed by atoms with E-state index in [0.29, 0.717) is 18.7 Å². The van der Waals surface area contributed by atoms with Crippen LogP contribution in [0.5, 0.6) is 0 Å². The van der Waals surface area contributed by atoms with E-state index in [4.69, 9.17) is 9.90 Å². The molecule has 2 N–H and O–H groups in total. The zero-order valence-corrected chi connectivity index (χ0v) is 20.4. The van der Waals surface area contributed by atoms with E-state index in [9.17, 15) is 36.2 Å². The molecule has 0 saturated carbocycles. The van der Waals surface area contributed by atoms with Crippen molar-refractivity contribution in [3.8, 4) is 12.5 Å². The molecule has 1 aromatic rings. The van der Waals surface area contributed by atoms with Crippen molar-refractivity contribution in [3.05, 3.63) is 35.4 Å². The monoisotopic (exact) mass is 527 g/mol. The van der Waals surface area contributed by atoms with Gasteiger partial charge in [0.25, 0.3) is 0 Å². The third-order valence-corrected chi connectivity index (χ3v) is 5.63. The standard InChI is InChI=1S/C19H26F3NO2.C3H4O.C2HF3O2/c1-13(24)11-17(25)23-9-7-14(8-10-23)18(2,3)15-5-4-6-16(12-15)19(20,21)22;1-3-4-2;3-2(4,5)1(6)7/h4-6,12-14,24H,7-11H2,1-3H3;1H,2H3;(H,6,7). The molecule has 1 unspecified atom stereocenters. The van der Waals surface area contributed by atoms with E-state index in [-0.39, 0.29) is 18.2 Å². The van der Waals surface area contributed by atoms with Gasteiger partial charge in [-0.1, -0.05) is 38.5 Å². The number of aliphatic hydroxyl groups is 1. The minimum absolute atomic E-state index is 0.0645. The molecule has 1 fully saturated rings. The van der Waals surface area contributed by atoms with E-state index in [1.165, 1.54) is 19.2 Å². The SMILES string of the molecule is C#COC.CC(O)CC(=O)N1CCC(C(C)(C)c2cccc(C(F)(F)F)c2)CC1.O=C(O)C(F)(F)F. The number of benzene rings is 1. The van der Waals surface area contributed by atoms with Crippen molar-refractivity contribution in [3.63, 3.8) is 0 Å². The van der Waals surface area contributed by atoms with E-state index in [1.54, 1.807) is 17.9 Å². The summed E-state index contributed by atoms with van der Waals surface area (Å²) < 4.78 is 74.7. The van der Waals surface area contributed by atoms with Crippen LogP contribution in [-0.2, 0) is 25.9 Å². The molecule has 204 valence electrons. The number of carboxylic acids is 1. The van der Waals surface area contributed by atoms with Crippen LogP contribution in [0.15, 0.2) is 24.3 Å². The first-order valence-corrected chi connectivity index (χ1v) is 10.8. The number of alkyl halides is 6. The lowest BCUT2D eigenvalue weighted by Gasteiger charge is -2.41. The summed E-state index contributed by atoms with van der Waals surface area (Å²) in [7, 11) is 1.44. The van der Waals surface area contributed by atoms with Crippen LogP contribution in [0.2, 0.25) is 0 Å². The Kier molecular flexibility index (Phi) is 12.8. The number of halogens is 6. The van der Waals surface area contributed by atoms with Crippen LogP contribution in [0.4, 0.5) is 26.3 Å². The first kappa shape index (κ1) is 33.1. The second-order valence-corrected chi connectivity index (χ2v) is 8.63. The molecule has 1 heterocycles. The number of methoxy groups -OCH3 is 1. The Balaban J connectivity index is 0.000000932. The third-order valence-electron chi connectivity index (χ3n) is 5.63. The van der Waals surface area contributed by atoms with E-state index in [1.807, 2.05) is 20.0 Å². The van der Waals surface area contributed by atoms with Crippen LogP contribution in [0, 0.1) is 18.4 Å². The van der Waals surface area contributed by atoms with Gasteiger partial charge < -0.3 is 19.8 Å². The zero-order valence-electron chi connectivity index (χ0n) is 20.4. The van der Waals surface area contributed by atoms with Crippen LogP contribution in [0.3, 0.4) is 0 Å². The summed E-state index contributed by atoms with van der Waals surface area (Å²) in [6.07, 6.45) is -2.00. The predicted molar refractivity (Wildman–Crippen MR) is 120 cm³/mol. The lowest BCUT2D eigenvalue weighted by molar-refractivity contribution is -0.192. The van der Waals surface area contributed by atoms with Crippen LogP contribution in [0.25, 0.3) is 0 Å². The average molecular weight is 528 g/mol. The molecule has 0 radical (unpaired) electrons. The van der Waals surface area contributed by atoms with Gasteiger partial charge in [0.2, 0.25) is 5.91 Å². The highest BCUT2D eigenvalue weighted by Gasteiger charge is 2.38. The molecular weight excluding hydrogens is 496 g/mol. The fraction of sp³-hybridized carbons (Fsp3) is 0.583. The van der Waals surface area contributed by atoms with Crippen LogP contribution >= 0.6 is 0 Å². The maximum Gasteiger partial charge on any atom is 0.490 e. The zero-order chi connectivity index (χ0) is 28.3. The van der Waals surface area contributed by atoms with Crippen LogP contribution < -0.4 is 0 Å². The molecule has 0 aliphatic carbocycles. The van der Waals surface area contributed by atoms with Gasteiger partial charge in [-0.05, 0) is 42.7 Å². The number of carboxylic acid groups (broad SMARTS) is 1. The first-order valence-electron chi connectivity index (χ1n) is 10.8. The van der Waals surface area contributed by atoms with Crippen molar-refractivity contribution < 1.29 is 50.9 Å². The Morgan fingerprint density at radius 1 is 1.14 bits per heavy atom. The first-order chi connectivity index (χ1) is 16.4. The van der Waals surface area contributed by atoms with Gasteiger partial charge in [0.05, 0.1) is 25.2 Å². The van der Waals surface area contributed by atoms with Gasteiger partial charge in [-0.25, -0.2) is 4.79 Å². The van der Waals surface area contributed by atoms with Gasteiger partial charge in [-0.15, -0.1) is 0 Å². The minimum Gasteiger partial charge on any atom is -0.475 e. The number of ether oxygens (including phenoxy) is 1. The molecule has 1 saturated heterocycles. The lowest BCUT2D eigenvalue weighted by atomic mass is 9.69. The summed E-state index contributed by atoms with van der Waals surface area (Å²) in [5.41, 5.74) is -0.348. The van der Waals surface area contributed by atoms with E-state index in [0.717, 1.165) is 18.9 Å². The predicted octanol–water partition coefficient (Wildman–Crippen LogP) is 4.85. The number of nitrogens with zero attached hydrogens (tertiary/aromatic N) is 1. The van der Waals surface area contributed by atoms with Gasteiger partial charge in [-0.3, -0.25) is 4.79 Å². The quantitative estimate of drug-likeness (QED) is 0.432. The molecule has 0 aromatic heterocycles. The molecule has 1 aliphatic heterocycles. The summed E-state index contributed by atoms with van der Waals surface area (Å²) in [5.74, 6) is -2.62. The summed E-state index contributed by atoms with van der Waals surface area (Å²) in [4.78, 5) is 22.7. The number of likely N-dealkylation sites (tertiary alicyclic amines) is 1. The number of hydrogen-bond donors (Lipinski definition) is 2. The topological polar surface area (TPSA) is 87.1 Å². The smallest absolute Gasteiger partial charge is 0.475 e. The number of piperidine rings is 1. The van der Waals surface area contributed by atoms with Crippen molar-refractivity contribution >= 4 is 11.9 Å². The maximum atomic E-state index is 13.0. The number of rotatable bonds is 4. The summed E-state index contributed by atoms with van der Waals surface area (Å²) in [6.45, 7) is 6.69. The summed E-state index contributed by atoms with van der Waals surface area (Å²) >= 11 is 0. The maximum absolute atomic E-state index is 13.0. The highest BCUT2D eigenvalue weighted by atomic mass is 19.4. The second-order valence-electron chi connectivity index (χ2n) is 8.63. The highest BCUT2D eigenvalue weighted by Crippen LogP contribution is 2.40. The molecule has 0 spiro atoms. The Morgan fingerprint density at radius 3 is 1.94 bits per heavy atom. The molecule has 2 rings (SSSR count). The molecule has 1 amide bonds. The molecule has 36 heavy (non-hydrogen) atoms. The molecule has 12 heteroatoms. The van der Waals surface area contributed by atoms with Crippen LogP contribution in [0.1, 0.15) is 51.2 Å². The number of amides is 1. The second kappa shape index (κ2) is 14.0. The van der Waals surface area contributed by atoms with Gasteiger partial charge in [-0.2, -0.15) is 26.3 Å². The Hall–Kier alpha value is -2.94. The molecule has 1 aliphatic rings. The van der Waals surface area contributed by atoms with Gasteiger partial charge in [0.15, 0.2) is 0 Å². The number of terminal acetylenes is 1. The fourth-order valence-corrected chi connectivity index (χ4v) is 3.56. The lowest BCUT2D eigenvalue weighted by Crippen LogP contribution is -2.44. The van der Waals surface area contributed by atoms with Gasteiger partial charge in [0.1, 0.15) is 6.11 Å². The Bertz CT molecular complexity index is 882. The normalized spacial score (nSPS) is 15.3. The van der Waals surface area contributed by atoms with E-state index in [2.05, 4.69) is 11.2 Å². The van der Waals surface area contributed by atoms with Crippen molar-refractivity contribution in [1.82, 2.24) is 4.90 Å². The van der Waals surface area contributed by atoms with Gasteiger partial charge in [0, 0.05) is 13.1 Å². The van der Waals surface area contributed by atoms with Crippen molar-refractivity contribution in [2.24, 2.45) is 5.92 Å². The van der Waals surface area contributed by atoms with Crippen molar-refractivity contribution in [2.75, 3.05) is 20.2 Å². The number of aliphatic carboxylic acids is 1. The summed E-state index contributed by atoms with van der Waals surface area (Å²) in [5, 5.41) is 16.5. The molecule has 6 nitrogen and oxygen atoms in total. The number of carbonyl (C=O) groups excluding carboxylic acids is 1. The largest absolute Gasteiger partial charge is 0.490 e. The van der Waals surface area contributed by atoms with Crippen molar-refractivity contribution in [2.45, 2.75) is 63.9 Å². The highest BCUT2D eigenvalue weighted by molar-refractivity contribution is 5.76. The minimum atomic E-state index is -5.08. The molecule has 1 aromatic carbocycles. The molecule has 0 bridgehead atoms. The number of aliphatic hydroxyl groups excluding tert-OH is 1. The van der Waals surface area contributed by atoms with Crippen LogP contribution in [-0.4, -0.2) is 59.5 Å². The van der Waals surface area contributed by atoms with Crippen molar-refractivity contribution in [1.29, 1.82) is 0 Å². The number of carbonyl (C=O) groups is 2. The summed E-state index contributed by atoms with van der Waals surface area (Å²) in [6, 6.07) is 5.54. The molecular formula is C24H31F6NO5. The fourth-order valence-electron chi connectivity index (χ4n) is 3.56. The Morgan fingerprint density at radius 2 is 1.58 bits per heavy atom. The van der Waals surface area contributed by atoms with E-state index >= 15 is 0 Å². The Labute approximate surface area is 206 Å². The van der Waals surface area contributed by atoms with E-state index < -0.39 is 35.4 Å². The molecule has 1 atom stereocenters.